The highest BCUT2D eigenvalue weighted by Gasteiger charge is 2.13. The van der Waals surface area contributed by atoms with E-state index in [1.54, 1.807) is 0 Å². The fourth-order valence-electron chi connectivity index (χ4n) is 4.97. The van der Waals surface area contributed by atoms with Crippen LogP contribution in [0.1, 0.15) is 174 Å². The molecule has 0 aliphatic rings. The molecule has 0 rings (SSSR count). The molecule has 0 saturated heterocycles. The molecule has 0 spiro atoms. The molecule has 0 heterocycles. The van der Waals surface area contributed by atoms with E-state index in [4.69, 9.17) is 4.74 Å². The number of nitrogens with zero attached hydrogens (tertiary/aromatic N) is 1. The number of carbonyl (C=O) groups excluding carboxylic acids is 1. The van der Waals surface area contributed by atoms with Crippen molar-refractivity contribution in [3.63, 3.8) is 0 Å². The minimum absolute atomic E-state index is 0.0162. The van der Waals surface area contributed by atoms with Gasteiger partial charge in [0, 0.05) is 19.5 Å². The topological polar surface area (TPSA) is 41.6 Å². The first-order valence-electron chi connectivity index (χ1n) is 16.7. The first-order valence-corrected chi connectivity index (χ1v) is 16.7. The zero-order valence-corrected chi connectivity index (χ0v) is 25.9. The van der Waals surface area contributed by atoms with Crippen LogP contribution < -0.4 is 5.32 Å². The third kappa shape index (κ3) is 29.8. The summed E-state index contributed by atoms with van der Waals surface area (Å²) in [6, 6.07) is 0. The molecule has 0 aromatic heterocycles. The number of hydrogen-bond acceptors (Lipinski definition) is 4. The normalized spacial score (nSPS) is 12.4. The molecule has 0 bridgehead atoms. The molecule has 0 aliphatic heterocycles. The van der Waals surface area contributed by atoms with Crippen LogP contribution in [0.25, 0.3) is 0 Å². The molecule has 0 fully saturated rings. The van der Waals surface area contributed by atoms with E-state index < -0.39 is 0 Å². The largest absolute Gasteiger partial charge is 0.447 e. The lowest BCUT2D eigenvalue weighted by Crippen LogP contribution is -2.38. The maximum Gasteiger partial charge on any atom is 0.307 e. The monoisotopic (exact) mass is 525 g/mol. The van der Waals surface area contributed by atoms with Crippen LogP contribution in [0.15, 0.2) is 0 Å². The van der Waals surface area contributed by atoms with Gasteiger partial charge in [0.1, 0.15) is 0 Å². The van der Waals surface area contributed by atoms with Gasteiger partial charge in [0.2, 0.25) is 0 Å². The number of esters is 1. The van der Waals surface area contributed by atoms with Crippen LogP contribution in [-0.2, 0) is 9.53 Å². The summed E-state index contributed by atoms with van der Waals surface area (Å²) in [5.41, 5.74) is 0. The lowest BCUT2D eigenvalue weighted by Gasteiger charge is -2.20. The van der Waals surface area contributed by atoms with Crippen molar-refractivity contribution >= 4 is 5.97 Å². The number of hydrogen-bond donors (Lipinski definition) is 1. The van der Waals surface area contributed by atoms with Crippen molar-refractivity contribution in [2.45, 2.75) is 181 Å². The number of ether oxygens (including phenoxy) is 1. The molecular weight excluding hydrogens is 456 g/mol. The Kier molecular flexibility index (Phi) is 29.4. The van der Waals surface area contributed by atoms with E-state index in [0.29, 0.717) is 6.42 Å². The number of likely N-dealkylation sites (N-methyl/N-ethyl adjacent to an activating group) is 1. The van der Waals surface area contributed by atoms with Gasteiger partial charge in [0.15, 0.2) is 6.23 Å². The number of rotatable bonds is 30. The Morgan fingerprint density at radius 3 is 1.38 bits per heavy atom. The third-order valence-electron chi connectivity index (χ3n) is 7.51. The predicted molar refractivity (Wildman–Crippen MR) is 163 cm³/mol. The maximum atomic E-state index is 12.5. The van der Waals surface area contributed by atoms with Gasteiger partial charge in [-0.2, -0.15) is 0 Å². The molecule has 0 aromatic rings. The molecule has 0 aliphatic carbocycles. The summed E-state index contributed by atoms with van der Waals surface area (Å²) in [5, 5.41) is 3.48. The summed E-state index contributed by atoms with van der Waals surface area (Å²) < 4.78 is 5.85. The molecule has 222 valence electrons. The fraction of sp³-hybridized carbons (Fsp3) is 0.970. The summed E-state index contributed by atoms with van der Waals surface area (Å²) in [5.74, 6) is -0.0162. The summed E-state index contributed by atoms with van der Waals surface area (Å²) in [7, 11) is 4.17. The van der Waals surface area contributed by atoms with Gasteiger partial charge in [0.25, 0.3) is 0 Å². The fourth-order valence-corrected chi connectivity index (χ4v) is 4.97. The van der Waals surface area contributed by atoms with Crippen molar-refractivity contribution < 1.29 is 9.53 Å². The van der Waals surface area contributed by atoms with Gasteiger partial charge < -0.3 is 9.64 Å². The van der Waals surface area contributed by atoms with Crippen molar-refractivity contribution in [2.24, 2.45) is 0 Å². The lowest BCUT2D eigenvalue weighted by molar-refractivity contribution is -0.151. The van der Waals surface area contributed by atoms with E-state index in [0.717, 1.165) is 38.8 Å². The standard InChI is InChI=1S/C33H68N2O2/c1-5-7-9-11-13-15-17-18-19-21-23-25-27-29-33(36)37-32(34-30-31-35(3)4)28-26-24-22-20-16-14-12-10-8-6-2/h32,34H,5-31H2,1-4H3. The SMILES string of the molecule is CCCCCCCCCCCCCCCC(=O)OC(CCCCCCCCCCCC)NCCN(C)C. The Bertz CT molecular complexity index is 456. The number of carbonyl (C=O) groups is 1. The van der Waals surface area contributed by atoms with Crippen LogP contribution in [0.2, 0.25) is 0 Å². The van der Waals surface area contributed by atoms with Crippen LogP contribution in [0.5, 0.6) is 0 Å². The van der Waals surface area contributed by atoms with Gasteiger partial charge in [-0.15, -0.1) is 0 Å². The maximum absolute atomic E-state index is 12.5. The predicted octanol–water partition coefficient (Wildman–Crippen LogP) is 9.80. The van der Waals surface area contributed by atoms with E-state index in [1.165, 1.54) is 128 Å². The van der Waals surface area contributed by atoms with E-state index in [2.05, 4.69) is 38.2 Å². The first kappa shape index (κ1) is 36.4. The van der Waals surface area contributed by atoms with Crippen molar-refractivity contribution in [2.75, 3.05) is 27.2 Å². The summed E-state index contributed by atoms with van der Waals surface area (Å²) >= 11 is 0. The summed E-state index contributed by atoms with van der Waals surface area (Å²) in [4.78, 5) is 14.6. The third-order valence-corrected chi connectivity index (χ3v) is 7.51. The Balaban J connectivity index is 3.81. The highest BCUT2D eigenvalue weighted by molar-refractivity contribution is 5.69. The highest BCUT2D eigenvalue weighted by Crippen LogP contribution is 2.15. The zero-order valence-electron chi connectivity index (χ0n) is 25.9. The molecule has 4 heteroatoms. The Morgan fingerprint density at radius 1 is 0.595 bits per heavy atom. The molecule has 1 unspecified atom stereocenters. The van der Waals surface area contributed by atoms with E-state index in [9.17, 15) is 4.79 Å². The van der Waals surface area contributed by atoms with Crippen LogP contribution in [0.3, 0.4) is 0 Å². The van der Waals surface area contributed by atoms with Crippen LogP contribution in [0.4, 0.5) is 0 Å². The van der Waals surface area contributed by atoms with Gasteiger partial charge in [-0.1, -0.05) is 149 Å². The van der Waals surface area contributed by atoms with Gasteiger partial charge in [-0.25, -0.2) is 0 Å². The molecule has 0 amide bonds. The molecule has 0 radical (unpaired) electrons. The number of unbranched alkanes of at least 4 members (excludes halogenated alkanes) is 21. The minimum Gasteiger partial charge on any atom is -0.447 e. The van der Waals surface area contributed by atoms with Gasteiger partial charge >= 0.3 is 5.97 Å². The van der Waals surface area contributed by atoms with Crippen molar-refractivity contribution in [3.8, 4) is 0 Å². The zero-order chi connectivity index (χ0) is 27.2. The van der Waals surface area contributed by atoms with E-state index >= 15 is 0 Å². The average molecular weight is 525 g/mol. The second kappa shape index (κ2) is 29.9. The molecular formula is C33H68N2O2. The van der Waals surface area contributed by atoms with Gasteiger partial charge in [0.05, 0.1) is 0 Å². The summed E-state index contributed by atoms with van der Waals surface area (Å²) in [6.07, 6.45) is 32.0. The van der Waals surface area contributed by atoms with Gasteiger partial charge in [-0.3, -0.25) is 10.1 Å². The summed E-state index contributed by atoms with van der Waals surface area (Å²) in [6.45, 7) is 6.39. The Hall–Kier alpha value is -0.610. The molecule has 37 heavy (non-hydrogen) atoms. The van der Waals surface area contributed by atoms with E-state index in [1.807, 2.05) is 0 Å². The van der Waals surface area contributed by atoms with E-state index in [-0.39, 0.29) is 12.2 Å². The molecule has 4 nitrogen and oxygen atoms in total. The minimum atomic E-state index is -0.122. The quantitative estimate of drug-likeness (QED) is 0.0576. The van der Waals surface area contributed by atoms with Crippen molar-refractivity contribution in [3.05, 3.63) is 0 Å². The van der Waals surface area contributed by atoms with Crippen molar-refractivity contribution in [1.82, 2.24) is 10.2 Å². The molecule has 1 N–H and O–H groups in total. The van der Waals surface area contributed by atoms with Crippen LogP contribution >= 0.6 is 0 Å². The lowest BCUT2D eigenvalue weighted by atomic mass is 10.0. The van der Waals surface area contributed by atoms with Crippen LogP contribution in [0, 0.1) is 0 Å². The average Bonchev–Trinajstić information content (AvgIpc) is 2.87. The highest BCUT2D eigenvalue weighted by atomic mass is 16.6. The van der Waals surface area contributed by atoms with Crippen LogP contribution in [-0.4, -0.2) is 44.3 Å². The molecule has 1 atom stereocenters. The van der Waals surface area contributed by atoms with Gasteiger partial charge in [-0.05, 0) is 33.4 Å². The second-order valence-electron chi connectivity index (χ2n) is 11.7. The first-order chi connectivity index (χ1) is 18.1. The Labute approximate surface area is 233 Å². The van der Waals surface area contributed by atoms with Crippen molar-refractivity contribution in [1.29, 1.82) is 0 Å². The number of nitrogens with one attached hydrogen (secondary N) is 1. The Morgan fingerprint density at radius 2 is 0.973 bits per heavy atom. The second-order valence-corrected chi connectivity index (χ2v) is 11.7. The molecule has 0 saturated carbocycles. The molecule has 0 aromatic carbocycles. The smallest absolute Gasteiger partial charge is 0.307 e.